The predicted octanol–water partition coefficient (Wildman–Crippen LogP) is 2.02. The molecule has 0 amide bonds. The topological polar surface area (TPSA) is 149 Å². The molecular formula is C17H19N2O7P. The highest BCUT2D eigenvalue weighted by Crippen LogP contribution is 2.37. The van der Waals surface area contributed by atoms with Crippen molar-refractivity contribution in [3.63, 3.8) is 0 Å². The Morgan fingerprint density at radius 1 is 1.30 bits per heavy atom. The fraction of sp³-hybridized carbons (Fsp3) is 0.176. The molecule has 0 radical (unpaired) electrons. The van der Waals surface area contributed by atoms with Crippen LogP contribution in [0.25, 0.3) is 0 Å². The molecule has 0 saturated carbocycles. The first kappa shape index (κ1) is 20.6. The second-order valence-corrected chi connectivity index (χ2v) is 6.88. The highest BCUT2D eigenvalue weighted by molar-refractivity contribution is 7.46. The summed E-state index contributed by atoms with van der Waals surface area (Å²) in [5, 5.41) is 22.3. The van der Waals surface area contributed by atoms with Crippen LogP contribution in [0.3, 0.4) is 0 Å². The van der Waals surface area contributed by atoms with Crippen molar-refractivity contribution in [2.45, 2.75) is 13.3 Å². The number of hydrogen-bond donors (Lipinski definition) is 5. The number of carboxylic acid groups (broad SMARTS) is 1. The van der Waals surface area contributed by atoms with E-state index in [-0.39, 0.29) is 29.0 Å². The van der Waals surface area contributed by atoms with Gasteiger partial charge in [-0.15, -0.1) is 0 Å². The summed E-state index contributed by atoms with van der Waals surface area (Å²) < 4.78 is 15.4. The number of carbonyl (C=O) groups is 1. The van der Waals surface area contributed by atoms with Gasteiger partial charge in [0.25, 0.3) is 0 Å². The molecule has 0 atom stereocenters. The van der Waals surface area contributed by atoms with Crippen LogP contribution in [-0.4, -0.2) is 38.3 Å². The van der Waals surface area contributed by atoms with E-state index in [1.165, 1.54) is 6.20 Å². The van der Waals surface area contributed by atoms with Gasteiger partial charge in [-0.3, -0.25) is 9.52 Å². The van der Waals surface area contributed by atoms with E-state index >= 15 is 0 Å². The fourth-order valence-corrected chi connectivity index (χ4v) is 2.53. The van der Waals surface area contributed by atoms with Gasteiger partial charge < -0.3 is 25.3 Å². The summed E-state index contributed by atoms with van der Waals surface area (Å²) in [6.07, 6.45) is 2.60. The molecule has 27 heavy (non-hydrogen) atoms. The molecule has 5 N–H and O–H groups in total. The molecule has 0 unspecified atom stereocenters. The van der Waals surface area contributed by atoms with Gasteiger partial charge in [0, 0.05) is 30.0 Å². The van der Waals surface area contributed by atoms with Crippen molar-refractivity contribution in [3.8, 4) is 0 Å². The van der Waals surface area contributed by atoms with Crippen molar-refractivity contribution in [1.82, 2.24) is 5.32 Å². The van der Waals surface area contributed by atoms with Gasteiger partial charge in [-0.2, -0.15) is 0 Å². The van der Waals surface area contributed by atoms with Crippen molar-refractivity contribution in [2.75, 3.05) is 6.61 Å². The number of carboxylic acids is 1. The van der Waals surface area contributed by atoms with E-state index in [4.69, 9.17) is 9.79 Å². The molecule has 144 valence electrons. The number of benzene rings is 1. The molecule has 0 aliphatic carbocycles. The molecule has 1 aliphatic heterocycles. The van der Waals surface area contributed by atoms with Gasteiger partial charge in [-0.1, -0.05) is 30.3 Å². The van der Waals surface area contributed by atoms with Gasteiger partial charge in [0.2, 0.25) is 0 Å². The maximum absolute atomic E-state index is 11.5. The Bertz CT molecular complexity index is 882. The maximum Gasteiger partial charge on any atom is 0.469 e. The molecular weight excluding hydrogens is 375 g/mol. The number of phosphoric ester groups is 1. The molecule has 1 aromatic rings. The Balaban J connectivity index is 2.32. The van der Waals surface area contributed by atoms with Gasteiger partial charge in [0.15, 0.2) is 0 Å². The van der Waals surface area contributed by atoms with Crippen LogP contribution in [0.5, 0.6) is 0 Å². The largest absolute Gasteiger partial charge is 0.505 e. The van der Waals surface area contributed by atoms with Crippen molar-refractivity contribution < 1.29 is 33.9 Å². The van der Waals surface area contributed by atoms with E-state index in [1.54, 1.807) is 31.2 Å². The lowest BCUT2D eigenvalue weighted by Crippen LogP contribution is -2.18. The van der Waals surface area contributed by atoms with Gasteiger partial charge in [0.1, 0.15) is 11.5 Å². The zero-order chi connectivity index (χ0) is 20.0. The number of aliphatic hydroxyl groups excluding tert-OH is 1. The summed E-state index contributed by atoms with van der Waals surface area (Å²) in [7, 11) is -4.72. The van der Waals surface area contributed by atoms with Crippen LogP contribution in [0, 0.1) is 0 Å². The third-order valence-electron chi connectivity index (χ3n) is 3.62. The number of nitrogens with one attached hydrogen (secondary N) is 1. The van der Waals surface area contributed by atoms with Crippen molar-refractivity contribution in [1.29, 1.82) is 0 Å². The SMILES string of the molecule is CC1=C(O)/C(=C\N=C(Cc2ccccc2)C(=O)O)C(COP(=O)(O)O)=CN1. The van der Waals surface area contributed by atoms with Crippen LogP contribution in [-0.2, 0) is 20.3 Å². The summed E-state index contributed by atoms with van der Waals surface area (Å²) in [6, 6.07) is 8.88. The van der Waals surface area contributed by atoms with E-state index in [9.17, 15) is 19.6 Å². The van der Waals surface area contributed by atoms with E-state index in [0.717, 1.165) is 11.8 Å². The van der Waals surface area contributed by atoms with Crippen molar-refractivity contribution in [3.05, 3.63) is 70.9 Å². The van der Waals surface area contributed by atoms with Gasteiger partial charge in [-0.05, 0) is 12.5 Å². The number of rotatable bonds is 7. The third-order valence-corrected chi connectivity index (χ3v) is 4.08. The number of nitrogens with zero attached hydrogens (tertiary/aromatic N) is 1. The van der Waals surface area contributed by atoms with E-state index in [1.807, 2.05) is 6.07 Å². The monoisotopic (exact) mass is 394 g/mol. The standard InChI is InChI=1S/C17H19N2O7P/c1-11-16(20)14(13(8-18-11)10-26-27(23,24)25)9-19-15(17(21)22)7-12-5-3-2-4-6-12/h2-6,8-9,18,20H,7,10H2,1H3,(H,21,22)(H2,23,24,25)/b14-9-,19-15?. The second kappa shape index (κ2) is 8.79. The first-order valence-electron chi connectivity index (χ1n) is 7.77. The molecule has 1 heterocycles. The molecule has 1 aliphatic rings. The van der Waals surface area contributed by atoms with Crippen LogP contribution in [0.15, 0.2) is 70.3 Å². The van der Waals surface area contributed by atoms with Crippen molar-refractivity contribution in [2.24, 2.45) is 4.99 Å². The third kappa shape index (κ3) is 6.19. The van der Waals surface area contributed by atoms with Gasteiger partial charge >= 0.3 is 13.8 Å². The fourth-order valence-electron chi connectivity index (χ4n) is 2.22. The average molecular weight is 394 g/mol. The van der Waals surface area contributed by atoms with Crippen LogP contribution in [0.4, 0.5) is 0 Å². The Hall–Kier alpha value is -2.71. The minimum Gasteiger partial charge on any atom is -0.505 e. The van der Waals surface area contributed by atoms with Crippen LogP contribution in [0.2, 0.25) is 0 Å². The number of hydrogen-bond acceptors (Lipinski definition) is 6. The quantitative estimate of drug-likeness (QED) is 0.348. The zero-order valence-corrected chi connectivity index (χ0v) is 15.3. The number of allylic oxidation sites excluding steroid dienone is 2. The Labute approximate surface area is 155 Å². The number of dihydropyridines is 1. The molecule has 2 rings (SSSR count). The highest BCUT2D eigenvalue weighted by Gasteiger charge is 2.22. The summed E-state index contributed by atoms with van der Waals surface area (Å²) in [4.78, 5) is 33.1. The minimum absolute atomic E-state index is 0.0691. The van der Waals surface area contributed by atoms with E-state index in [2.05, 4.69) is 14.8 Å². The molecule has 1 aromatic carbocycles. The summed E-state index contributed by atoms with van der Waals surface area (Å²) in [5.41, 5.74) is 1.27. The lowest BCUT2D eigenvalue weighted by Gasteiger charge is -2.19. The molecule has 0 aromatic heterocycles. The molecule has 9 nitrogen and oxygen atoms in total. The lowest BCUT2D eigenvalue weighted by atomic mass is 10.0. The second-order valence-electron chi connectivity index (χ2n) is 5.64. The smallest absolute Gasteiger partial charge is 0.469 e. The number of aliphatic carboxylic acids is 1. The molecule has 10 heteroatoms. The Kier molecular flexibility index (Phi) is 6.70. The number of aliphatic hydroxyl groups is 1. The Morgan fingerprint density at radius 2 is 1.96 bits per heavy atom. The normalized spacial score (nSPS) is 16.9. The minimum atomic E-state index is -4.72. The summed E-state index contributed by atoms with van der Waals surface area (Å²) in [5.74, 6) is -1.45. The molecule has 0 spiro atoms. The molecule has 0 bridgehead atoms. The number of phosphoric acid groups is 1. The van der Waals surface area contributed by atoms with Crippen molar-refractivity contribution >= 4 is 19.5 Å². The Morgan fingerprint density at radius 3 is 2.56 bits per heavy atom. The first-order valence-corrected chi connectivity index (χ1v) is 9.30. The summed E-state index contributed by atoms with van der Waals surface area (Å²) >= 11 is 0. The van der Waals surface area contributed by atoms with Gasteiger partial charge in [-0.25, -0.2) is 9.36 Å². The predicted molar refractivity (Wildman–Crippen MR) is 97.8 cm³/mol. The van der Waals surface area contributed by atoms with E-state index in [0.29, 0.717) is 5.70 Å². The maximum atomic E-state index is 11.5. The van der Waals surface area contributed by atoms with Crippen LogP contribution >= 0.6 is 7.82 Å². The highest BCUT2D eigenvalue weighted by atomic mass is 31.2. The first-order chi connectivity index (χ1) is 12.7. The van der Waals surface area contributed by atoms with Gasteiger partial charge in [0.05, 0.1) is 12.3 Å². The summed E-state index contributed by atoms with van der Waals surface area (Å²) in [6.45, 7) is 1.07. The van der Waals surface area contributed by atoms with Crippen LogP contribution < -0.4 is 5.32 Å². The average Bonchev–Trinajstić information content (AvgIpc) is 2.60. The van der Waals surface area contributed by atoms with E-state index < -0.39 is 20.4 Å². The number of aliphatic imine (C=N–C) groups is 1. The molecule has 0 saturated heterocycles. The zero-order valence-electron chi connectivity index (χ0n) is 14.4. The molecule has 0 fully saturated rings. The van der Waals surface area contributed by atoms with Crippen LogP contribution in [0.1, 0.15) is 12.5 Å². The lowest BCUT2D eigenvalue weighted by molar-refractivity contribution is -0.129.